The molecule has 45 heavy (non-hydrogen) atoms. The maximum Gasteiger partial charge on any atom is 0.416 e. The molecule has 2 heterocycles. The molecule has 3 aromatic rings. The number of ether oxygens (including phenoxy) is 1. The number of halogens is 6. The number of nitrogens with zero attached hydrogens (tertiary/aromatic N) is 6. The molecule has 4 rings (SSSR count). The highest BCUT2D eigenvalue weighted by Gasteiger charge is 2.38. The van der Waals surface area contributed by atoms with Crippen LogP contribution in [0.1, 0.15) is 79.5 Å². The molecule has 246 valence electrons. The fourth-order valence-electron chi connectivity index (χ4n) is 5.49. The summed E-state index contributed by atoms with van der Waals surface area (Å²) in [6.45, 7) is 10.6. The first-order chi connectivity index (χ1) is 20.8. The molecule has 14 heteroatoms. The molecule has 1 aliphatic heterocycles. The van der Waals surface area contributed by atoms with E-state index in [1.165, 1.54) is 18.8 Å². The van der Waals surface area contributed by atoms with Gasteiger partial charge in [0.25, 0.3) is 5.95 Å². The molecule has 0 spiro atoms. The lowest BCUT2D eigenvalue weighted by Crippen LogP contribution is -2.32. The number of tetrazole rings is 1. The van der Waals surface area contributed by atoms with Gasteiger partial charge in [0.05, 0.1) is 30.8 Å². The predicted molar refractivity (Wildman–Crippen MR) is 157 cm³/mol. The van der Waals surface area contributed by atoms with E-state index in [-0.39, 0.29) is 42.1 Å². The van der Waals surface area contributed by atoms with Gasteiger partial charge in [0.2, 0.25) is 0 Å². The number of fused-ring (bicyclic) bond motifs is 1. The second-order valence-electron chi connectivity index (χ2n) is 12.5. The SMILES string of the molecule is CC(=O)OCC(C)(C)CCN1CCC[C@H](N(Cc2cc(C(F)(F)F)cc(C(F)(F)F)c2)c2nnn(C)n2)c2cc(C)c(C)cc21. The number of carbonyl (C=O) groups excluding carboxylic acids is 1. The van der Waals surface area contributed by atoms with Crippen molar-refractivity contribution in [2.45, 2.75) is 78.8 Å². The van der Waals surface area contributed by atoms with Crippen molar-refractivity contribution in [2.75, 3.05) is 29.5 Å². The molecule has 0 aliphatic carbocycles. The standard InChI is InChI=1S/C31H38F6N6O2/c1-19-12-25-26(8-7-10-42(27(25)13-20(19)2)11-9-29(4,5)18-45-21(3)44)43(28-38-40-41(6)39-28)17-22-14-23(30(32,33)34)16-24(15-22)31(35,36)37/h12-16,26H,7-11,17-18H2,1-6H3/t26-/m0/s1. The molecule has 1 aromatic heterocycles. The summed E-state index contributed by atoms with van der Waals surface area (Å²) in [5.74, 6) is -0.258. The van der Waals surface area contributed by atoms with E-state index < -0.39 is 29.5 Å². The van der Waals surface area contributed by atoms with E-state index in [9.17, 15) is 31.1 Å². The number of hydrogen-bond donors (Lipinski definition) is 0. The van der Waals surface area contributed by atoms with Crippen molar-refractivity contribution < 1.29 is 35.9 Å². The van der Waals surface area contributed by atoms with Crippen molar-refractivity contribution in [3.05, 3.63) is 63.7 Å². The lowest BCUT2D eigenvalue weighted by molar-refractivity contribution is -0.144. The molecule has 0 fully saturated rings. The Morgan fingerprint density at radius 1 is 1.00 bits per heavy atom. The van der Waals surface area contributed by atoms with Crippen LogP contribution in [0.25, 0.3) is 0 Å². The second-order valence-corrected chi connectivity index (χ2v) is 12.5. The van der Waals surface area contributed by atoms with Gasteiger partial charge in [-0.3, -0.25) is 4.79 Å². The number of carbonyl (C=O) groups is 1. The zero-order chi connectivity index (χ0) is 33.3. The normalized spacial score (nSPS) is 15.9. The summed E-state index contributed by atoms with van der Waals surface area (Å²) in [5.41, 5.74) is 0.568. The molecule has 0 unspecified atom stereocenters. The van der Waals surface area contributed by atoms with Crippen molar-refractivity contribution in [3.8, 4) is 0 Å². The molecule has 0 amide bonds. The number of rotatable bonds is 9. The maximum absolute atomic E-state index is 13.7. The highest BCUT2D eigenvalue weighted by molar-refractivity contribution is 5.66. The average molecular weight is 641 g/mol. The molecule has 0 radical (unpaired) electrons. The van der Waals surface area contributed by atoms with Crippen LogP contribution in [0.2, 0.25) is 0 Å². The van der Waals surface area contributed by atoms with E-state index in [4.69, 9.17) is 4.74 Å². The van der Waals surface area contributed by atoms with E-state index in [2.05, 4.69) is 26.4 Å². The van der Waals surface area contributed by atoms with Crippen LogP contribution >= 0.6 is 0 Å². The largest absolute Gasteiger partial charge is 0.465 e. The zero-order valence-electron chi connectivity index (χ0n) is 26.2. The Bertz CT molecular complexity index is 1480. The number of aryl methyl sites for hydroxylation is 3. The van der Waals surface area contributed by atoms with E-state index in [0.717, 1.165) is 34.5 Å². The van der Waals surface area contributed by atoms with Crippen molar-refractivity contribution in [3.63, 3.8) is 0 Å². The summed E-state index contributed by atoms with van der Waals surface area (Å²) >= 11 is 0. The van der Waals surface area contributed by atoms with E-state index in [1.54, 1.807) is 4.90 Å². The van der Waals surface area contributed by atoms with Gasteiger partial charge in [-0.05, 0) is 84.8 Å². The monoisotopic (exact) mass is 640 g/mol. The first-order valence-corrected chi connectivity index (χ1v) is 14.6. The maximum atomic E-state index is 13.7. The summed E-state index contributed by atoms with van der Waals surface area (Å²) in [4.78, 5) is 16.5. The van der Waals surface area contributed by atoms with Crippen LogP contribution in [0.4, 0.5) is 38.0 Å². The van der Waals surface area contributed by atoms with E-state index in [0.29, 0.717) is 32.4 Å². The Labute approximate surface area is 258 Å². The number of esters is 1. The first-order valence-electron chi connectivity index (χ1n) is 14.6. The topological polar surface area (TPSA) is 76.4 Å². The van der Waals surface area contributed by atoms with Gasteiger partial charge in [0, 0.05) is 37.7 Å². The molecule has 8 nitrogen and oxygen atoms in total. The number of benzene rings is 2. The third kappa shape index (κ3) is 8.46. The highest BCUT2D eigenvalue weighted by atomic mass is 19.4. The molecular formula is C31H38F6N6O2. The van der Waals surface area contributed by atoms with Crippen molar-refractivity contribution in [1.82, 2.24) is 20.2 Å². The third-order valence-corrected chi connectivity index (χ3v) is 8.10. The van der Waals surface area contributed by atoms with Gasteiger partial charge in [-0.2, -0.15) is 31.1 Å². The number of hydrogen-bond acceptors (Lipinski definition) is 7. The fourth-order valence-corrected chi connectivity index (χ4v) is 5.49. The Kier molecular flexibility index (Phi) is 9.74. The Balaban J connectivity index is 1.78. The van der Waals surface area contributed by atoms with Crippen molar-refractivity contribution in [1.29, 1.82) is 0 Å². The average Bonchev–Trinajstić information content (AvgIpc) is 3.29. The quantitative estimate of drug-likeness (QED) is 0.181. The van der Waals surface area contributed by atoms with Gasteiger partial charge in [0.1, 0.15) is 0 Å². The van der Waals surface area contributed by atoms with Crippen LogP contribution in [0.3, 0.4) is 0 Å². The van der Waals surface area contributed by atoms with Gasteiger partial charge in [-0.1, -0.05) is 25.0 Å². The van der Waals surface area contributed by atoms with Crippen molar-refractivity contribution >= 4 is 17.6 Å². The van der Waals surface area contributed by atoms with Crippen LogP contribution in [0.5, 0.6) is 0 Å². The lowest BCUT2D eigenvalue weighted by Gasteiger charge is -2.34. The summed E-state index contributed by atoms with van der Waals surface area (Å²) in [7, 11) is 1.54. The van der Waals surface area contributed by atoms with E-state index >= 15 is 0 Å². The first kappa shape index (κ1) is 34.0. The molecule has 0 saturated carbocycles. The smallest absolute Gasteiger partial charge is 0.416 e. The highest BCUT2D eigenvalue weighted by Crippen LogP contribution is 2.42. The van der Waals surface area contributed by atoms with Crippen LogP contribution in [0.15, 0.2) is 30.3 Å². The third-order valence-electron chi connectivity index (χ3n) is 8.10. The molecular weight excluding hydrogens is 602 g/mol. The lowest BCUT2D eigenvalue weighted by atomic mass is 9.90. The van der Waals surface area contributed by atoms with E-state index in [1.807, 2.05) is 33.8 Å². The Morgan fingerprint density at radius 3 is 2.18 bits per heavy atom. The van der Waals surface area contributed by atoms with Crippen molar-refractivity contribution in [2.24, 2.45) is 12.5 Å². The van der Waals surface area contributed by atoms with Gasteiger partial charge in [-0.15, -0.1) is 5.10 Å². The van der Waals surface area contributed by atoms with Gasteiger partial charge < -0.3 is 14.5 Å². The van der Waals surface area contributed by atoms with Crippen LogP contribution in [0, 0.1) is 19.3 Å². The molecule has 0 bridgehead atoms. The minimum absolute atomic E-state index is 0.0913. The fraction of sp³-hybridized carbons (Fsp3) is 0.548. The minimum atomic E-state index is -4.97. The number of anilines is 2. The van der Waals surface area contributed by atoms with Crippen LogP contribution < -0.4 is 9.80 Å². The van der Waals surface area contributed by atoms with Gasteiger partial charge >= 0.3 is 18.3 Å². The summed E-state index contributed by atoms with van der Waals surface area (Å²) in [6.07, 6.45) is -8.03. The van der Waals surface area contributed by atoms with Gasteiger partial charge in [0.15, 0.2) is 0 Å². The second kappa shape index (κ2) is 12.9. The van der Waals surface area contributed by atoms with Gasteiger partial charge in [-0.25, -0.2) is 0 Å². The number of alkyl halides is 6. The zero-order valence-corrected chi connectivity index (χ0v) is 26.2. The summed E-state index contributed by atoms with van der Waals surface area (Å²) in [6, 6.07) is 5.22. The predicted octanol–water partition coefficient (Wildman–Crippen LogP) is 7.19. The number of aromatic nitrogens is 4. The Hall–Kier alpha value is -3.84. The molecule has 1 atom stereocenters. The van der Waals surface area contributed by atoms with Crippen LogP contribution in [-0.2, 0) is 35.5 Å². The van der Waals surface area contributed by atoms with Crippen LogP contribution in [-0.4, -0.2) is 45.9 Å². The molecule has 0 N–H and O–H groups in total. The minimum Gasteiger partial charge on any atom is -0.465 e. The molecule has 1 aliphatic rings. The molecule has 0 saturated heterocycles. The summed E-state index contributed by atoms with van der Waals surface area (Å²) < 4.78 is 87.6. The summed E-state index contributed by atoms with van der Waals surface area (Å²) in [5, 5.41) is 12.3. The Morgan fingerprint density at radius 2 is 1.62 bits per heavy atom. The molecule has 2 aromatic carbocycles.